The molecule has 0 saturated heterocycles. The van der Waals surface area contributed by atoms with Crippen LogP contribution in [0, 0.1) is 0 Å². The fourth-order valence-electron chi connectivity index (χ4n) is 2.78. The van der Waals surface area contributed by atoms with Crippen molar-refractivity contribution in [2.24, 2.45) is 0 Å². The minimum atomic E-state index is -0.680. The van der Waals surface area contributed by atoms with E-state index in [0.29, 0.717) is 6.54 Å². The molecule has 20 heavy (non-hydrogen) atoms. The number of carboxylic acid groups (broad SMARTS) is 1. The highest BCUT2D eigenvalue weighted by molar-refractivity contribution is 5.66. The SMILES string of the molecule is CCCCCCN(CCC(=O)O)CCC1=CCCCC1. The van der Waals surface area contributed by atoms with Gasteiger partial charge in [-0.3, -0.25) is 4.79 Å². The van der Waals surface area contributed by atoms with Crippen LogP contribution >= 0.6 is 0 Å². The first-order valence-electron chi connectivity index (χ1n) is 8.34. The van der Waals surface area contributed by atoms with Gasteiger partial charge in [0.05, 0.1) is 6.42 Å². The zero-order chi connectivity index (χ0) is 14.6. The van der Waals surface area contributed by atoms with E-state index in [4.69, 9.17) is 5.11 Å². The maximum absolute atomic E-state index is 10.7. The van der Waals surface area contributed by atoms with Crippen molar-refractivity contribution in [3.05, 3.63) is 11.6 Å². The smallest absolute Gasteiger partial charge is 0.304 e. The second-order valence-corrected chi connectivity index (χ2v) is 5.90. The van der Waals surface area contributed by atoms with Gasteiger partial charge in [0.25, 0.3) is 0 Å². The number of carbonyl (C=O) groups is 1. The maximum atomic E-state index is 10.7. The lowest BCUT2D eigenvalue weighted by Gasteiger charge is -2.23. The molecule has 0 unspecified atom stereocenters. The fraction of sp³-hybridized carbons (Fsp3) is 0.824. The molecule has 0 saturated carbocycles. The number of aliphatic carboxylic acids is 1. The molecule has 0 aliphatic heterocycles. The van der Waals surface area contributed by atoms with Gasteiger partial charge in [-0.15, -0.1) is 0 Å². The Morgan fingerprint density at radius 2 is 2.05 bits per heavy atom. The molecule has 0 atom stereocenters. The van der Waals surface area contributed by atoms with Crippen LogP contribution in [0.1, 0.15) is 71.1 Å². The molecule has 3 heteroatoms. The van der Waals surface area contributed by atoms with Crippen LogP contribution in [-0.2, 0) is 4.79 Å². The van der Waals surface area contributed by atoms with E-state index in [-0.39, 0.29) is 6.42 Å². The first-order valence-corrected chi connectivity index (χ1v) is 8.34. The molecule has 0 radical (unpaired) electrons. The summed E-state index contributed by atoms with van der Waals surface area (Å²) in [7, 11) is 0. The van der Waals surface area contributed by atoms with E-state index in [2.05, 4.69) is 17.9 Å². The van der Waals surface area contributed by atoms with E-state index < -0.39 is 5.97 Å². The monoisotopic (exact) mass is 281 g/mol. The first-order chi connectivity index (χ1) is 9.72. The average molecular weight is 281 g/mol. The van der Waals surface area contributed by atoms with Gasteiger partial charge in [0, 0.05) is 13.1 Å². The van der Waals surface area contributed by atoms with E-state index >= 15 is 0 Å². The number of hydrogen-bond donors (Lipinski definition) is 1. The van der Waals surface area contributed by atoms with Crippen LogP contribution in [-0.4, -0.2) is 35.6 Å². The van der Waals surface area contributed by atoms with Gasteiger partial charge in [-0.05, 0) is 45.1 Å². The summed E-state index contributed by atoms with van der Waals surface area (Å²) in [5, 5.41) is 8.85. The predicted octanol–water partition coefficient (Wildman–Crippen LogP) is 4.23. The summed E-state index contributed by atoms with van der Waals surface area (Å²) in [6, 6.07) is 0. The molecule has 116 valence electrons. The Labute approximate surface area is 124 Å². The number of rotatable bonds is 11. The molecule has 3 nitrogen and oxygen atoms in total. The van der Waals surface area contributed by atoms with Crippen LogP contribution in [0.4, 0.5) is 0 Å². The van der Waals surface area contributed by atoms with Crippen LogP contribution in [0.25, 0.3) is 0 Å². The Morgan fingerprint density at radius 1 is 1.20 bits per heavy atom. The fourth-order valence-corrected chi connectivity index (χ4v) is 2.78. The van der Waals surface area contributed by atoms with E-state index in [0.717, 1.165) is 19.5 Å². The van der Waals surface area contributed by atoms with Crippen molar-refractivity contribution in [2.75, 3.05) is 19.6 Å². The second kappa shape index (κ2) is 10.9. The third-order valence-corrected chi connectivity index (χ3v) is 4.10. The number of carboxylic acids is 1. The van der Waals surface area contributed by atoms with E-state index in [1.54, 1.807) is 5.57 Å². The van der Waals surface area contributed by atoms with Crippen LogP contribution in [0.5, 0.6) is 0 Å². The number of nitrogens with zero attached hydrogens (tertiary/aromatic N) is 1. The zero-order valence-corrected chi connectivity index (χ0v) is 13.1. The lowest BCUT2D eigenvalue weighted by atomic mass is 9.97. The number of unbranched alkanes of at least 4 members (excludes halogenated alkanes) is 3. The van der Waals surface area contributed by atoms with Gasteiger partial charge < -0.3 is 10.0 Å². The highest BCUT2D eigenvalue weighted by atomic mass is 16.4. The Balaban J connectivity index is 2.27. The van der Waals surface area contributed by atoms with Gasteiger partial charge in [0.2, 0.25) is 0 Å². The molecular weight excluding hydrogens is 250 g/mol. The molecule has 0 spiro atoms. The molecule has 0 aromatic rings. The summed E-state index contributed by atoms with van der Waals surface area (Å²) in [6.45, 7) is 5.01. The van der Waals surface area contributed by atoms with Crippen molar-refractivity contribution in [1.82, 2.24) is 4.90 Å². The summed E-state index contributed by atoms with van der Waals surface area (Å²) in [5.41, 5.74) is 1.59. The standard InChI is InChI=1S/C17H31NO2/c1-2-3-4-8-13-18(15-12-17(19)20)14-11-16-9-6-5-7-10-16/h9H,2-8,10-15H2,1H3,(H,19,20). The molecule has 0 aromatic carbocycles. The molecule has 0 heterocycles. The minimum absolute atomic E-state index is 0.271. The van der Waals surface area contributed by atoms with Gasteiger partial charge in [0.15, 0.2) is 0 Å². The Bertz CT molecular complexity index is 299. The predicted molar refractivity (Wildman–Crippen MR) is 84.0 cm³/mol. The summed E-state index contributed by atoms with van der Waals surface area (Å²) >= 11 is 0. The number of hydrogen-bond acceptors (Lipinski definition) is 2. The van der Waals surface area contributed by atoms with Gasteiger partial charge in [-0.2, -0.15) is 0 Å². The van der Waals surface area contributed by atoms with E-state index in [1.165, 1.54) is 51.4 Å². The van der Waals surface area contributed by atoms with Gasteiger partial charge in [-0.1, -0.05) is 37.8 Å². The van der Waals surface area contributed by atoms with Crippen molar-refractivity contribution >= 4 is 5.97 Å². The summed E-state index contributed by atoms with van der Waals surface area (Å²) in [4.78, 5) is 13.1. The molecule has 0 bridgehead atoms. The van der Waals surface area contributed by atoms with Gasteiger partial charge >= 0.3 is 5.97 Å². The van der Waals surface area contributed by atoms with Gasteiger partial charge in [-0.25, -0.2) is 0 Å². The van der Waals surface area contributed by atoms with Crippen molar-refractivity contribution in [3.8, 4) is 0 Å². The third-order valence-electron chi connectivity index (χ3n) is 4.10. The van der Waals surface area contributed by atoms with E-state index in [9.17, 15) is 4.79 Å². The topological polar surface area (TPSA) is 40.5 Å². The van der Waals surface area contributed by atoms with Crippen molar-refractivity contribution in [1.29, 1.82) is 0 Å². The molecule has 0 aromatic heterocycles. The average Bonchev–Trinajstić information content (AvgIpc) is 2.46. The lowest BCUT2D eigenvalue weighted by Crippen LogP contribution is -2.29. The van der Waals surface area contributed by atoms with Crippen LogP contribution < -0.4 is 0 Å². The molecule has 1 aliphatic carbocycles. The van der Waals surface area contributed by atoms with E-state index in [1.807, 2.05) is 0 Å². The Kier molecular flexibility index (Phi) is 9.38. The molecular formula is C17H31NO2. The van der Waals surface area contributed by atoms with Crippen LogP contribution in [0.15, 0.2) is 11.6 Å². The zero-order valence-electron chi connectivity index (χ0n) is 13.1. The summed E-state index contributed by atoms with van der Waals surface area (Å²) in [6.07, 6.45) is 14.0. The number of allylic oxidation sites excluding steroid dienone is 1. The molecule has 0 fully saturated rings. The largest absolute Gasteiger partial charge is 0.481 e. The highest BCUT2D eigenvalue weighted by Crippen LogP contribution is 2.20. The Morgan fingerprint density at radius 3 is 2.70 bits per heavy atom. The van der Waals surface area contributed by atoms with Crippen LogP contribution in [0.3, 0.4) is 0 Å². The quantitative estimate of drug-likeness (QED) is 0.455. The molecule has 1 N–H and O–H groups in total. The molecule has 1 aliphatic rings. The lowest BCUT2D eigenvalue weighted by molar-refractivity contribution is -0.137. The van der Waals surface area contributed by atoms with Gasteiger partial charge in [0.1, 0.15) is 0 Å². The van der Waals surface area contributed by atoms with Crippen molar-refractivity contribution < 1.29 is 9.90 Å². The molecule has 0 amide bonds. The maximum Gasteiger partial charge on any atom is 0.304 e. The Hall–Kier alpha value is -0.830. The molecule has 1 rings (SSSR count). The minimum Gasteiger partial charge on any atom is -0.481 e. The normalized spacial score (nSPS) is 15.4. The first kappa shape index (κ1) is 17.2. The third kappa shape index (κ3) is 8.36. The summed E-state index contributed by atoms with van der Waals surface area (Å²) < 4.78 is 0. The highest BCUT2D eigenvalue weighted by Gasteiger charge is 2.10. The van der Waals surface area contributed by atoms with Crippen molar-refractivity contribution in [2.45, 2.75) is 71.1 Å². The summed E-state index contributed by atoms with van der Waals surface area (Å²) in [5.74, 6) is -0.680. The van der Waals surface area contributed by atoms with Crippen molar-refractivity contribution in [3.63, 3.8) is 0 Å². The second-order valence-electron chi connectivity index (χ2n) is 5.90. The van der Waals surface area contributed by atoms with Crippen LogP contribution in [0.2, 0.25) is 0 Å².